The average Bonchev–Trinajstić information content (AvgIpc) is 3.03. The number of benzene rings is 1. The maximum absolute atomic E-state index is 12.0. The molecule has 0 aliphatic rings. The van der Waals surface area contributed by atoms with Gasteiger partial charge in [-0.3, -0.25) is 14.3 Å². The van der Waals surface area contributed by atoms with Crippen molar-refractivity contribution < 1.29 is 14.6 Å². The van der Waals surface area contributed by atoms with E-state index in [1.165, 1.54) is 4.57 Å². The number of hydrogen-bond acceptors (Lipinski definition) is 4. The van der Waals surface area contributed by atoms with Crippen LogP contribution in [0.3, 0.4) is 0 Å². The van der Waals surface area contributed by atoms with Crippen molar-refractivity contribution in [1.82, 2.24) is 14.5 Å². The quantitative estimate of drug-likeness (QED) is 0.628. The number of aromatic amines is 2. The van der Waals surface area contributed by atoms with Gasteiger partial charge >= 0.3 is 11.7 Å². The predicted octanol–water partition coefficient (Wildman–Crippen LogP) is 1.56. The fourth-order valence-corrected chi connectivity index (χ4v) is 2.64. The molecule has 0 radical (unpaired) electrons. The Morgan fingerprint density at radius 3 is 2.56 bits per heavy atom. The van der Waals surface area contributed by atoms with E-state index in [4.69, 9.17) is 9.84 Å². The smallest absolute Gasteiger partial charge is 0.341 e. The van der Waals surface area contributed by atoms with E-state index in [9.17, 15) is 14.4 Å². The Morgan fingerprint density at radius 1 is 1.20 bits per heavy atom. The van der Waals surface area contributed by atoms with E-state index < -0.39 is 23.8 Å². The van der Waals surface area contributed by atoms with Crippen molar-refractivity contribution in [3.05, 3.63) is 51.2 Å². The van der Waals surface area contributed by atoms with Crippen LogP contribution in [0.15, 0.2) is 39.9 Å². The van der Waals surface area contributed by atoms with Crippen LogP contribution in [0.2, 0.25) is 0 Å². The number of nitrogens with zero attached hydrogens (tertiary/aromatic N) is 1. The molecule has 0 bridgehead atoms. The number of rotatable bonds is 6. The van der Waals surface area contributed by atoms with E-state index in [1.54, 1.807) is 30.3 Å². The van der Waals surface area contributed by atoms with Gasteiger partial charge in [-0.1, -0.05) is 6.92 Å². The van der Waals surface area contributed by atoms with Crippen molar-refractivity contribution in [3.8, 4) is 17.0 Å². The van der Waals surface area contributed by atoms with Crippen LogP contribution in [0.25, 0.3) is 22.3 Å². The Morgan fingerprint density at radius 2 is 1.92 bits per heavy atom. The molecule has 8 heteroatoms. The van der Waals surface area contributed by atoms with Crippen LogP contribution in [0.5, 0.6) is 5.75 Å². The van der Waals surface area contributed by atoms with Gasteiger partial charge in [0.2, 0.25) is 0 Å². The van der Waals surface area contributed by atoms with Crippen molar-refractivity contribution in [3.63, 3.8) is 0 Å². The second-order valence-electron chi connectivity index (χ2n) is 5.56. The van der Waals surface area contributed by atoms with Gasteiger partial charge in [-0.25, -0.2) is 9.59 Å². The zero-order chi connectivity index (χ0) is 18.0. The molecule has 3 N–H and O–H groups in total. The van der Waals surface area contributed by atoms with Crippen molar-refractivity contribution in [1.29, 1.82) is 0 Å². The topological polar surface area (TPSA) is 117 Å². The normalized spacial score (nSPS) is 10.9. The van der Waals surface area contributed by atoms with Gasteiger partial charge in [0.05, 0.1) is 5.52 Å². The number of aliphatic carboxylic acids is 1. The highest BCUT2D eigenvalue weighted by atomic mass is 16.5. The fraction of sp³-hybridized carbons (Fsp3) is 0.235. The third-order valence-corrected chi connectivity index (χ3v) is 3.76. The summed E-state index contributed by atoms with van der Waals surface area (Å²) in [7, 11) is 0. The molecule has 0 unspecified atom stereocenters. The molecule has 3 rings (SSSR count). The van der Waals surface area contributed by atoms with E-state index in [0.29, 0.717) is 29.0 Å². The minimum Gasteiger partial charge on any atom is -0.482 e. The molecule has 1 aromatic carbocycles. The molecule has 0 aliphatic carbocycles. The maximum Gasteiger partial charge on any atom is 0.341 e. The SMILES string of the molecule is CCCn1c(=O)[nH]c(=O)c2[nH]c(-c3ccc(OCC(=O)O)cc3)cc21. The van der Waals surface area contributed by atoms with Gasteiger partial charge in [0, 0.05) is 12.2 Å². The van der Waals surface area contributed by atoms with E-state index >= 15 is 0 Å². The summed E-state index contributed by atoms with van der Waals surface area (Å²) in [5, 5.41) is 8.62. The summed E-state index contributed by atoms with van der Waals surface area (Å²) in [5.41, 5.74) is 1.47. The van der Waals surface area contributed by atoms with Crippen LogP contribution in [0.1, 0.15) is 13.3 Å². The molecule has 0 fully saturated rings. The monoisotopic (exact) mass is 343 g/mol. The zero-order valence-electron chi connectivity index (χ0n) is 13.5. The van der Waals surface area contributed by atoms with Crippen molar-refractivity contribution in [2.45, 2.75) is 19.9 Å². The van der Waals surface area contributed by atoms with Crippen molar-refractivity contribution in [2.75, 3.05) is 6.61 Å². The lowest BCUT2D eigenvalue weighted by atomic mass is 10.1. The number of fused-ring (bicyclic) bond motifs is 1. The van der Waals surface area contributed by atoms with E-state index in [0.717, 1.165) is 12.0 Å². The Labute approximate surface area is 141 Å². The molecule has 130 valence electrons. The fourth-order valence-electron chi connectivity index (χ4n) is 2.64. The molecule has 3 aromatic rings. The van der Waals surface area contributed by atoms with Crippen LogP contribution < -0.4 is 16.0 Å². The molecule has 0 saturated heterocycles. The number of carboxylic acids is 1. The molecule has 8 nitrogen and oxygen atoms in total. The largest absolute Gasteiger partial charge is 0.482 e. The highest BCUT2D eigenvalue weighted by Gasteiger charge is 2.12. The van der Waals surface area contributed by atoms with Gasteiger partial charge in [0.1, 0.15) is 11.3 Å². The number of H-pyrrole nitrogens is 2. The molecular weight excluding hydrogens is 326 g/mol. The molecule has 0 saturated carbocycles. The summed E-state index contributed by atoms with van der Waals surface area (Å²) in [6, 6.07) is 8.55. The summed E-state index contributed by atoms with van der Waals surface area (Å²) in [4.78, 5) is 39.9. The Kier molecular flexibility index (Phi) is 4.42. The second kappa shape index (κ2) is 6.68. The lowest BCUT2D eigenvalue weighted by Gasteiger charge is -2.04. The summed E-state index contributed by atoms with van der Waals surface area (Å²) in [6.07, 6.45) is 0.761. The summed E-state index contributed by atoms with van der Waals surface area (Å²) >= 11 is 0. The third kappa shape index (κ3) is 3.32. The Bertz CT molecular complexity index is 1030. The van der Waals surface area contributed by atoms with Crippen LogP contribution >= 0.6 is 0 Å². The van der Waals surface area contributed by atoms with Gasteiger partial charge < -0.3 is 14.8 Å². The summed E-state index contributed by atoms with van der Waals surface area (Å²) in [6.45, 7) is 2.04. The summed E-state index contributed by atoms with van der Waals surface area (Å²) in [5.74, 6) is -0.615. The maximum atomic E-state index is 12.0. The number of carbonyl (C=O) groups is 1. The first-order valence-corrected chi connectivity index (χ1v) is 7.80. The number of carboxylic acid groups (broad SMARTS) is 1. The number of aryl methyl sites for hydroxylation is 1. The molecule has 2 heterocycles. The average molecular weight is 343 g/mol. The third-order valence-electron chi connectivity index (χ3n) is 3.76. The molecule has 0 spiro atoms. The van der Waals surface area contributed by atoms with Gasteiger partial charge in [-0.05, 0) is 42.3 Å². The minimum atomic E-state index is -1.05. The number of nitrogens with one attached hydrogen (secondary N) is 2. The van der Waals surface area contributed by atoms with E-state index in [1.807, 2.05) is 6.92 Å². The number of hydrogen-bond donors (Lipinski definition) is 3. The Hall–Kier alpha value is -3.29. The van der Waals surface area contributed by atoms with E-state index in [-0.39, 0.29) is 0 Å². The molecule has 0 amide bonds. The second-order valence-corrected chi connectivity index (χ2v) is 5.56. The first-order valence-electron chi connectivity index (χ1n) is 7.80. The van der Waals surface area contributed by atoms with Crippen LogP contribution in [0.4, 0.5) is 0 Å². The summed E-state index contributed by atoms with van der Waals surface area (Å²) < 4.78 is 6.62. The molecular formula is C17H17N3O5. The number of aromatic nitrogens is 3. The highest BCUT2D eigenvalue weighted by molar-refractivity contribution is 5.82. The van der Waals surface area contributed by atoms with Gasteiger partial charge in [-0.2, -0.15) is 0 Å². The predicted molar refractivity (Wildman–Crippen MR) is 92.0 cm³/mol. The highest BCUT2D eigenvalue weighted by Crippen LogP contribution is 2.24. The number of ether oxygens (including phenoxy) is 1. The standard InChI is InChI=1S/C17H17N3O5/c1-2-7-20-13-8-12(18-15(13)16(23)19-17(20)24)10-3-5-11(6-4-10)25-9-14(21)22/h3-6,8,18H,2,7,9H2,1H3,(H,21,22)(H,19,23,24). The van der Waals surface area contributed by atoms with Crippen LogP contribution in [-0.4, -0.2) is 32.2 Å². The van der Waals surface area contributed by atoms with Crippen molar-refractivity contribution in [2.24, 2.45) is 0 Å². The lowest BCUT2D eigenvalue weighted by Crippen LogP contribution is -2.29. The van der Waals surface area contributed by atoms with Gasteiger partial charge in [0.25, 0.3) is 5.56 Å². The lowest BCUT2D eigenvalue weighted by molar-refractivity contribution is -0.139. The molecule has 0 aliphatic heterocycles. The minimum absolute atomic E-state index is 0.342. The first-order chi connectivity index (χ1) is 12.0. The van der Waals surface area contributed by atoms with Crippen molar-refractivity contribution >= 4 is 17.0 Å². The van der Waals surface area contributed by atoms with E-state index in [2.05, 4.69) is 9.97 Å². The van der Waals surface area contributed by atoms with Gasteiger partial charge in [0.15, 0.2) is 6.61 Å². The molecule has 2 aromatic heterocycles. The molecule has 0 atom stereocenters. The van der Waals surface area contributed by atoms with Crippen LogP contribution in [0, 0.1) is 0 Å². The van der Waals surface area contributed by atoms with Crippen LogP contribution in [-0.2, 0) is 11.3 Å². The Balaban J connectivity index is 2.00. The zero-order valence-corrected chi connectivity index (χ0v) is 13.5. The first kappa shape index (κ1) is 16.6. The molecule has 25 heavy (non-hydrogen) atoms. The van der Waals surface area contributed by atoms with Gasteiger partial charge in [-0.15, -0.1) is 0 Å².